The topological polar surface area (TPSA) is 172 Å². The highest BCUT2D eigenvalue weighted by Crippen LogP contribution is 2.30. The van der Waals surface area contributed by atoms with E-state index >= 15 is 0 Å². The molecule has 2 aliphatic heterocycles. The van der Waals surface area contributed by atoms with Crippen LogP contribution in [0, 0.1) is 11.8 Å². The highest BCUT2D eigenvalue weighted by Gasteiger charge is 2.44. The van der Waals surface area contributed by atoms with Crippen molar-refractivity contribution in [3.63, 3.8) is 0 Å². The third kappa shape index (κ3) is 11.0. The predicted molar refractivity (Wildman–Crippen MR) is 154 cm³/mol. The molecule has 236 valence electrons. The van der Waals surface area contributed by atoms with Crippen LogP contribution in [0.3, 0.4) is 0 Å². The zero-order valence-corrected chi connectivity index (χ0v) is 25.5. The molecule has 13 nitrogen and oxygen atoms in total. The van der Waals surface area contributed by atoms with Gasteiger partial charge in [-0.2, -0.15) is 0 Å². The summed E-state index contributed by atoms with van der Waals surface area (Å²) in [6.07, 6.45) is 1.84. The molecule has 0 aliphatic carbocycles. The van der Waals surface area contributed by atoms with E-state index in [0.717, 1.165) is 0 Å². The lowest BCUT2D eigenvalue weighted by Gasteiger charge is -2.30. The molecule has 1 unspecified atom stereocenters. The van der Waals surface area contributed by atoms with Crippen LogP contribution < -0.4 is 21.3 Å². The van der Waals surface area contributed by atoms with Gasteiger partial charge in [0, 0.05) is 19.6 Å². The molecule has 2 aliphatic rings. The molecule has 0 aromatic rings. The summed E-state index contributed by atoms with van der Waals surface area (Å²) >= 11 is 0. The fourth-order valence-electron chi connectivity index (χ4n) is 4.87. The van der Waals surface area contributed by atoms with Gasteiger partial charge in [-0.25, -0.2) is 9.59 Å². The molecule has 2 rings (SSSR count). The van der Waals surface area contributed by atoms with E-state index in [-0.39, 0.29) is 57.3 Å². The van der Waals surface area contributed by atoms with Crippen LogP contribution in [-0.4, -0.2) is 90.6 Å². The van der Waals surface area contributed by atoms with Crippen molar-refractivity contribution in [3.8, 4) is 0 Å². The summed E-state index contributed by atoms with van der Waals surface area (Å²) in [4.78, 5) is 79.2. The summed E-state index contributed by atoms with van der Waals surface area (Å²) in [5.41, 5.74) is -0.802. The standard InChI is InChI=1S/C29H47N5O8/c1-7-13-30-25(37)23(35)20-11-8-9-14-31-27(39)41-15-10-12-21(33-28(40)42-29(4,5)6)26(38)34-17-19(18(2)3)16-22(34)24(36)32-20/h7,18-22H,1,8-17H2,2-6H3,(H,30,37)(H,31,39)(H,32,36)(H,33,40)/t19?,20-,21-,22-/m0/s1. The number of Topliss-reactive ketones (excluding diaryl/α,β-unsaturated/α-hetero) is 1. The Kier molecular flexibility index (Phi) is 13.3. The van der Waals surface area contributed by atoms with Crippen LogP contribution in [0.4, 0.5) is 9.59 Å². The predicted octanol–water partition coefficient (Wildman–Crippen LogP) is 1.80. The number of fused-ring (bicyclic) bond motifs is 1. The lowest BCUT2D eigenvalue weighted by Crippen LogP contribution is -2.56. The maximum absolute atomic E-state index is 13.9. The molecule has 0 aromatic carbocycles. The van der Waals surface area contributed by atoms with Gasteiger partial charge in [-0.05, 0) is 71.1 Å². The molecule has 0 radical (unpaired) electrons. The number of carbonyl (C=O) groups excluding carboxylic acids is 6. The summed E-state index contributed by atoms with van der Waals surface area (Å²) in [5.74, 6) is -2.54. The highest BCUT2D eigenvalue weighted by atomic mass is 16.6. The van der Waals surface area contributed by atoms with E-state index in [4.69, 9.17) is 9.47 Å². The van der Waals surface area contributed by atoms with Crippen LogP contribution >= 0.6 is 0 Å². The molecule has 5 amide bonds. The van der Waals surface area contributed by atoms with Crippen LogP contribution in [0.15, 0.2) is 12.7 Å². The SMILES string of the molecule is C=CCNC(=O)C(=O)[C@@H]1CCCCNC(=O)OCCC[C@H](NC(=O)OC(C)(C)C)C(=O)N2CC(C(C)C)C[C@H]2C(=O)N1. The number of alkyl carbamates (subject to hydrolysis) is 2. The van der Waals surface area contributed by atoms with Crippen molar-refractivity contribution in [2.75, 3.05) is 26.2 Å². The number of amides is 5. The molecular formula is C29H47N5O8. The Morgan fingerprint density at radius 3 is 2.50 bits per heavy atom. The number of ketones is 1. The third-order valence-electron chi connectivity index (χ3n) is 7.17. The summed E-state index contributed by atoms with van der Waals surface area (Å²) in [6, 6.07) is -3.09. The van der Waals surface area contributed by atoms with E-state index in [1.54, 1.807) is 20.8 Å². The van der Waals surface area contributed by atoms with Crippen LogP contribution in [-0.2, 0) is 28.7 Å². The first-order chi connectivity index (χ1) is 19.7. The summed E-state index contributed by atoms with van der Waals surface area (Å²) in [6.45, 7) is 13.3. The number of nitrogens with one attached hydrogen (secondary N) is 4. The lowest BCUT2D eigenvalue weighted by molar-refractivity contribution is -0.143. The lowest BCUT2D eigenvalue weighted by atomic mass is 9.93. The second-order valence-corrected chi connectivity index (χ2v) is 12.1. The van der Waals surface area contributed by atoms with Crippen LogP contribution in [0.1, 0.15) is 73.1 Å². The number of hydrogen-bond acceptors (Lipinski definition) is 8. The van der Waals surface area contributed by atoms with Crippen molar-refractivity contribution < 1.29 is 38.2 Å². The van der Waals surface area contributed by atoms with Gasteiger partial charge in [-0.3, -0.25) is 19.2 Å². The van der Waals surface area contributed by atoms with E-state index in [9.17, 15) is 28.8 Å². The molecule has 0 bridgehead atoms. The van der Waals surface area contributed by atoms with Gasteiger partial charge in [-0.15, -0.1) is 6.58 Å². The van der Waals surface area contributed by atoms with Gasteiger partial charge in [0.2, 0.25) is 17.6 Å². The van der Waals surface area contributed by atoms with E-state index in [1.165, 1.54) is 11.0 Å². The summed E-state index contributed by atoms with van der Waals surface area (Å²) in [7, 11) is 0. The smallest absolute Gasteiger partial charge is 0.408 e. The first kappa shape index (κ1) is 34.6. The van der Waals surface area contributed by atoms with Gasteiger partial charge in [0.05, 0.1) is 12.6 Å². The zero-order chi connectivity index (χ0) is 31.4. The molecule has 0 aromatic heterocycles. The quantitative estimate of drug-likeness (QED) is 0.267. The largest absolute Gasteiger partial charge is 0.450 e. The maximum atomic E-state index is 13.9. The first-order valence-corrected chi connectivity index (χ1v) is 14.7. The molecule has 42 heavy (non-hydrogen) atoms. The minimum absolute atomic E-state index is 0.00505. The molecule has 0 saturated carbocycles. The second kappa shape index (κ2) is 16.1. The minimum atomic E-state index is -1.13. The van der Waals surface area contributed by atoms with E-state index < -0.39 is 59.4 Å². The average Bonchev–Trinajstić information content (AvgIpc) is 3.36. The number of nitrogens with zero attached hydrogens (tertiary/aromatic N) is 1. The van der Waals surface area contributed by atoms with Crippen molar-refractivity contribution in [1.29, 1.82) is 0 Å². The van der Waals surface area contributed by atoms with Crippen molar-refractivity contribution in [3.05, 3.63) is 12.7 Å². The van der Waals surface area contributed by atoms with Gasteiger partial charge < -0.3 is 35.6 Å². The molecule has 0 spiro atoms. The Balaban J connectivity index is 2.38. The first-order valence-electron chi connectivity index (χ1n) is 14.7. The summed E-state index contributed by atoms with van der Waals surface area (Å²) in [5, 5.41) is 10.4. The van der Waals surface area contributed by atoms with Gasteiger partial charge in [0.1, 0.15) is 17.7 Å². The zero-order valence-electron chi connectivity index (χ0n) is 25.5. The number of carbonyl (C=O) groups is 6. The Labute approximate surface area is 247 Å². The summed E-state index contributed by atoms with van der Waals surface area (Å²) < 4.78 is 10.6. The molecule has 2 saturated heterocycles. The maximum Gasteiger partial charge on any atom is 0.408 e. The molecule has 2 fully saturated rings. The number of ether oxygens (including phenoxy) is 2. The Hall–Kier alpha value is -3.64. The Morgan fingerprint density at radius 2 is 1.86 bits per heavy atom. The van der Waals surface area contributed by atoms with Crippen LogP contribution in [0.2, 0.25) is 0 Å². The Bertz CT molecular complexity index is 1010. The molecule has 4 N–H and O–H groups in total. The van der Waals surface area contributed by atoms with Gasteiger partial charge in [-0.1, -0.05) is 19.9 Å². The van der Waals surface area contributed by atoms with Crippen LogP contribution in [0.25, 0.3) is 0 Å². The molecule has 4 atom stereocenters. The van der Waals surface area contributed by atoms with Crippen molar-refractivity contribution >= 4 is 35.7 Å². The number of rotatable bonds is 6. The number of hydrogen-bond donors (Lipinski definition) is 4. The average molecular weight is 594 g/mol. The normalized spacial score (nSPS) is 24.8. The monoisotopic (exact) mass is 593 g/mol. The second-order valence-electron chi connectivity index (χ2n) is 12.1. The van der Waals surface area contributed by atoms with Crippen molar-refractivity contribution in [2.24, 2.45) is 11.8 Å². The van der Waals surface area contributed by atoms with Gasteiger partial charge in [0.25, 0.3) is 5.91 Å². The van der Waals surface area contributed by atoms with Crippen molar-refractivity contribution in [2.45, 2.75) is 96.9 Å². The van der Waals surface area contributed by atoms with Gasteiger partial charge in [0.15, 0.2) is 0 Å². The number of cyclic esters (lactones) is 1. The third-order valence-corrected chi connectivity index (χ3v) is 7.17. The molecule has 2 heterocycles. The fraction of sp³-hybridized carbons (Fsp3) is 0.724. The van der Waals surface area contributed by atoms with Crippen molar-refractivity contribution in [1.82, 2.24) is 26.2 Å². The van der Waals surface area contributed by atoms with E-state index in [0.29, 0.717) is 19.3 Å². The highest BCUT2D eigenvalue weighted by molar-refractivity contribution is 6.38. The minimum Gasteiger partial charge on any atom is -0.450 e. The molecule has 13 heteroatoms. The van der Waals surface area contributed by atoms with E-state index in [2.05, 4.69) is 27.8 Å². The Morgan fingerprint density at radius 1 is 1.14 bits per heavy atom. The van der Waals surface area contributed by atoms with Crippen LogP contribution in [0.5, 0.6) is 0 Å². The van der Waals surface area contributed by atoms with E-state index in [1.807, 2.05) is 13.8 Å². The molecular weight excluding hydrogens is 546 g/mol. The fourth-order valence-corrected chi connectivity index (χ4v) is 4.87. The van der Waals surface area contributed by atoms with Gasteiger partial charge >= 0.3 is 12.2 Å².